The number of carbonyl (C=O) groups is 1. The Labute approximate surface area is 130 Å². The molecule has 0 aromatic carbocycles. The van der Waals surface area contributed by atoms with Crippen LogP contribution >= 0.6 is 0 Å². The lowest BCUT2D eigenvalue weighted by atomic mass is 9.68. The van der Waals surface area contributed by atoms with Gasteiger partial charge in [-0.25, -0.2) is 0 Å². The van der Waals surface area contributed by atoms with Gasteiger partial charge in [-0.1, -0.05) is 26.7 Å². The average molecular weight is 294 g/mol. The van der Waals surface area contributed by atoms with Gasteiger partial charge in [-0.2, -0.15) is 0 Å². The van der Waals surface area contributed by atoms with E-state index in [2.05, 4.69) is 37.9 Å². The van der Waals surface area contributed by atoms with Gasteiger partial charge in [0.2, 0.25) is 5.91 Å². The van der Waals surface area contributed by atoms with Crippen molar-refractivity contribution in [1.29, 1.82) is 0 Å². The lowest BCUT2D eigenvalue weighted by Crippen LogP contribution is -2.49. The Hall–Kier alpha value is -0.570. The summed E-state index contributed by atoms with van der Waals surface area (Å²) in [6, 6.07) is 0.324. The molecular formula is C18H34N2O. The number of hydrogen-bond acceptors (Lipinski definition) is 2. The maximum atomic E-state index is 13.1. The molecule has 0 aromatic rings. The van der Waals surface area contributed by atoms with Crippen molar-refractivity contribution in [3.05, 3.63) is 0 Å². The SMILES string of the molecule is CC(C)N(CC1CCNCC1)C(=O)C1CCCCC1(C)C. The molecule has 3 heteroatoms. The molecular weight excluding hydrogens is 260 g/mol. The van der Waals surface area contributed by atoms with Gasteiger partial charge < -0.3 is 10.2 Å². The molecule has 0 aromatic heterocycles. The van der Waals surface area contributed by atoms with Crippen LogP contribution in [0.25, 0.3) is 0 Å². The molecule has 1 aliphatic heterocycles. The van der Waals surface area contributed by atoms with Crippen molar-refractivity contribution < 1.29 is 4.79 Å². The minimum atomic E-state index is 0.177. The van der Waals surface area contributed by atoms with Crippen molar-refractivity contribution in [3.8, 4) is 0 Å². The van der Waals surface area contributed by atoms with Crippen LogP contribution in [0.4, 0.5) is 0 Å². The number of nitrogens with one attached hydrogen (secondary N) is 1. The number of carbonyl (C=O) groups excluding carboxylic acids is 1. The first-order chi connectivity index (χ1) is 9.92. The van der Waals surface area contributed by atoms with Crippen LogP contribution in [-0.2, 0) is 4.79 Å². The van der Waals surface area contributed by atoms with E-state index in [1.54, 1.807) is 0 Å². The zero-order valence-corrected chi connectivity index (χ0v) is 14.5. The van der Waals surface area contributed by atoms with Crippen molar-refractivity contribution in [2.75, 3.05) is 19.6 Å². The van der Waals surface area contributed by atoms with E-state index in [1.807, 2.05) is 0 Å². The van der Waals surface area contributed by atoms with Crippen LogP contribution in [0.1, 0.15) is 66.2 Å². The highest BCUT2D eigenvalue weighted by Crippen LogP contribution is 2.41. The Balaban J connectivity index is 2.04. The third kappa shape index (κ3) is 4.21. The highest BCUT2D eigenvalue weighted by molar-refractivity contribution is 5.80. The van der Waals surface area contributed by atoms with Crippen molar-refractivity contribution in [2.24, 2.45) is 17.3 Å². The highest BCUT2D eigenvalue weighted by atomic mass is 16.2. The smallest absolute Gasteiger partial charge is 0.226 e. The minimum Gasteiger partial charge on any atom is -0.340 e. The first-order valence-corrected chi connectivity index (χ1v) is 8.93. The van der Waals surface area contributed by atoms with Gasteiger partial charge in [0, 0.05) is 18.5 Å². The van der Waals surface area contributed by atoms with E-state index in [9.17, 15) is 4.79 Å². The summed E-state index contributed by atoms with van der Waals surface area (Å²) < 4.78 is 0. The molecule has 3 nitrogen and oxygen atoms in total. The molecule has 1 heterocycles. The molecule has 1 atom stereocenters. The first kappa shape index (κ1) is 16.8. The van der Waals surface area contributed by atoms with E-state index in [0.717, 1.165) is 26.1 Å². The molecule has 0 bridgehead atoms. The van der Waals surface area contributed by atoms with Crippen molar-refractivity contribution in [2.45, 2.75) is 72.3 Å². The standard InChI is InChI=1S/C18H34N2O/c1-14(2)20(13-15-8-11-19-12-9-15)17(21)16-7-5-6-10-18(16,3)4/h14-16,19H,5-13H2,1-4H3. The van der Waals surface area contributed by atoms with Crippen LogP contribution in [0.5, 0.6) is 0 Å². The summed E-state index contributed by atoms with van der Waals surface area (Å²) >= 11 is 0. The lowest BCUT2D eigenvalue weighted by Gasteiger charge is -2.42. The predicted octanol–water partition coefficient (Wildman–Crippen LogP) is 3.44. The van der Waals surface area contributed by atoms with Crippen LogP contribution < -0.4 is 5.32 Å². The summed E-state index contributed by atoms with van der Waals surface area (Å²) in [5.41, 5.74) is 0.177. The lowest BCUT2D eigenvalue weighted by molar-refractivity contribution is -0.143. The van der Waals surface area contributed by atoms with Crippen LogP contribution in [0.2, 0.25) is 0 Å². The largest absolute Gasteiger partial charge is 0.340 e. The molecule has 1 saturated heterocycles. The molecule has 1 N–H and O–H groups in total. The third-order valence-electron chi connectivity index (χ3n) is 5.63. The normalized spacial score (nSPS) is 26.8. The van der Waals surface area contributed by atoms with Crippen molar-refractivity contribution in [1.82, 2.24) is 10.2 Å². The van der Waals surface area contributed by atoms with Gasteiger partial charge in [0.25, 0.3) is 0 Å². The zero-order chi connectivity index (χ0) is 15.5. The summed E-state index contributed by atoms with van der Waals surface area (Å²) in [6.07, 6.45) is 7.21. The van der Waals surface area contributed by atoms with E-state index >= 15 is 0 Å². The molecule has 1 aliphatic carbocycles. The second-order valence-electron chi connectivity index (χ2n) is 8.06. The van der Waals surface area contributed by atoms with Crippen molar-refractivity contribution in [3.63, 3.8) is 0 Å². The van der Waals surface area contributed by atoms with Gasteiger partial charge in [0.1, 0.15) is 0 Å². The molecule has 122 valence electrons. The highest BCUT2D eigenvalue weighted by Gasteiger charge is 2.40. The molecule has 2 fully saturated rings. The molecule has 2 rings (SSSR count). The molecule has 21 heavy (non-hydrogen) atoms. The third-order valence-corrected chi connectivity index (χ3v) is 5.63. The Morgan fingerprint density at radius 2 is 1.86 bits per heavy atom. The minimum absolute atomic E-state index is 0.177. The predicted molar refractivity (Wildman–Crippen MR) is 88.2 cm³/mol. The Morgan fingerprint density at radius 1 is 1.19 bits per heavy atom. The van der Waals surface area contributed by atoms with Gasteiger partial charge in [0.05, 0.1) is 0 Å². The average Bonchev–Trinajstić information content (AvgIpc) is 2.44. The number of rotatable bonds is 4. The monoisotopic (exact) mass is 294 g/mol. The van der Waals surface area contributed by atoms with Gasteiger partial charge >= 0.3 is 0 Å². The maximum Gasteiger partial charge on any atom is 0.226 e. The summed E-state index contributed by atoms with van der Waals surface area (Å²) in [5.74, 6) is 1.34. The van der Waals surface area contributed by atoms with Crippen molar-refractivity contribution >= 4 is 5.91 Å². The second-order valence-corrected chi connectivity index (χ2v) is 8.06. The fourth-order valence-electron chi connectivity index (χ4n) is 4.05. The molecule has 0 spiro atoms. The van der Waals surface area contributed by atoms with Gasteiger partial charge in [0.15, 0.2) is 0 Å². The van der Waals surface area contributed by atoms with E-state index < -0.39 is 0 Å². The number of hydrogen-bond donors (Lipinski definition) is 1. The summed E-state index contributed by atoms with van der Waals surface area (Å²) in [5, 5.41) is 3.42. The zero-order valence-electron chi connectivity index (χ0n) is 14.5. The molecule has 1 unspecified atom stereocenters. The van der Waals surface area contributed by atoms with E-state index in [4.69, 9.17) is 0 Å². The Morgan fingerprint density at radius 3 is 2.43 bits per heavy atom. The summed E-state index contributed by atoms with van der Waals surface area (Å²) in [7, 11) is 0. The van der Waals surface area contributed by atoms with Gasteiger partial charge in [-0.3, -0.25) is 4.79 Å². The van der Waals surface area contributed by atoms with E-state index in [1.165, 1.54) is 32.1 Å². The van der Waals surface area contributed by atoms with E-state index in [-0.39, 0.29) is 11.3 Å². The quantitative estimate of drug-likeness (QED) is 0.861. The van der Waals surface area contributed by atoms with Crippen LogP contribution in [0.15, 0.2) is 0 Å². The van der Waals surface area contributed by atoms with E-state index in [0.29, 0.717) is 17.9 Å². The fraction of sp³-hybridized carbons (Fsp3) is 0.944. The summed E-state index contributed by atoms with van der Waals surface area (Å²) in [4.78, 5) is 15.3. The molecule has 1 amide bonds. The van der Waals surface area contributed by atoms with Crippen LogP contribution in [0.3, 0.4) is 0 Å². The first-order valence-electron chi connectivity index (χ1n) is 8.93. The van der Waals surface area contributed by atoms with Crippen LogP contribution in [-0.4, -0.2) is 36.5 Å². The molecule has 2 aliphatic rings. The maximum absolute atomic E-state index is 13.1. The molecule has 0 radical (unpaired) electrons. The number of piperidine rings is 1. The second kappa shape index (κ2) is 7.13. The van der Waals surface area contributed by atoms with Crippen LogP contribution in [0, 0.1) is 17.3 Å². The summed E-state index contributed by atoms with van der Waals surface area (Å²) in [6.45, 7) is 12.1. The molecule has 1 saturated carbocycles. The topological polar surface area (TPSA) is 32.3 Å². The number of amides is 1. The van der Waals surface area contributed by atoms with Gasteiger partial charge in [-0.15, -0.1) is 0 Å². The Bertz CT molecular complexity index is 345. The Kier molecular flexibility index (Phi) is 5.70. The fourth-order valence-corrected chi connectivity index (χ4v) is 4.05. The number of nitrogens with zero attached hydrogens (tertiary/aromatic N) is 1. The van der Waals surface area contributed by atoms with Gasteiger partial charge in [-0.05, 0) is 64.0 Å².